The Balaban J connectivity index is 2.11. The van der Waals surface area contributed by atoms with E-state index in [1.807, 2.05) is 26.0 Å². The molecule has 8 heteroatoms. The Bertz CT molecular complexity index is 1110. The first-order chi connectivity index (χ1) is 11.2. The molecule has 0 saturated heterocycles. The highest BCUT2D eigenvalue weighted by atomic mass is 35.5. The Labute approximate surface area is 143 Å². The van der Waals surface area contributed by atoms with Gasteiger partial charge >= 0.3 is 5.76 Å². The van der Waals surface area contributed by atoms with Crippen molar-refractivity contribution in [1.29, 1.82) is 0 Å². The Morgan fingerprint density at radius 3 is 2.54 bits per heavy atom. The lowest BCUT2D eigenvalue weighted by Crippen LogP contribution is -2.14. The van der Waals surface area contributed by atoms with Crippen molar-refractivity contribution in [2.24, 2.45) is 7.05 Å². The lowest BCUT2D eigenvalue weighted by molar-refractivity contribution is 0.527. The highest BCUT2D eigenvalue weighted by molar-refractivity contribution is 7.92. The van der Waals surface area contributed by atoms with Gasteiger partial charge in [0.1, 0.15) is 4.90 Å². The van der Waals surface area contributed by atoms with Gasteiger partial charge in [-0.25, -0.2) is 13.2 Å². The lowest BCUT2D eigenvalue weighted by atomic mass is 10.1. The SMILES string of the molecule is Cc1ccc(NS(=O)(=O)c2cc3oc(=O)n(C)c3cc2Cl)c(C)c1. The number of nitrogens with zero attached hydrogens (tertiary/aromatic N) is 1. The van der Waals surface area contributed by atoms with Gasteiger partial charge in [-0.15, -0.1) is 0 Å². The number of hydrogen-bond donors (Lipinski definition) is 1. The van der Waals surface area contributed by atoms with Crippen LogP contribution in [-0.2, 0) is 17.1 Å². The fourth-order valence-corrected chi connectivity index (χ4v) is 4.13. The van der Waals surface area contributed by atoms with Gasteiger partial charge in [0, 0.05) is 13.1 Å². The first-order valence-corrected chi connectivity index (χ1v) is 8.94. The van der Waals surface area contributed by atoms with Gasteiger partial charge < -0.3 is 4.42 Å². The largest absolute Gasteiger partial charge is 0.419 e. The summed E-state index contributed by atoms with van der Waals surface area (Å²) in [5, 5.41) is 0.0103. The first kappa shape index (κ1) is 16.6. The maximum absolute atomic E-state index is 12.7. The number of aryl methyl sites for hydroxylation is 3. The van der Waals surface area contributed by atoms with Crippen molar-refractivity contribution < 1.29 is 12.8 Å². The number of hydrogen-bond acceptors (Lipinski definition) is 4. The molecule has 3 rings (SSSR count). The van der Waals surface area contributed by atoms with Crippen molar-refractivity contribution >= 4 is 38.4 Å². The Hall–Kier alpha value is -2.25. The molecule has 0 bridgehead atoms. The molecule has 0 saturated carbocycles. The summed E-state index contributed by atoms with van der Waals surface area (Å²) in [7, 11) is -2.41. The topological polar surface area (TPSA) is 81.3 Å². The van der Waals surface area contributed by atoms with Gasteiger partial charge in [-0.2, -0.15) is 0 Å². The highest BCUT2D eigenvalue weighted by Crippen LogP contribution is 2.29. The van der Waals surface area contributed by atoms with E-state index in [1.54, 1.807) is 6.07 Å². The number of rotatable bonds is 3. The molecule has 6 nitrogen and oxygen atoms in total. The number of aromatic nitrogens is 1. The minimum atomic E-state index is -3.93. The van der Waals surface area contributed by atoms with Crippen molar-refractivity contribution in [3.8, 4) is 0 Å². The van der Waals surface area contributed by atoms with E-state index in [9.17, 15) is 13.2 Å². The van der Waals surface area contributed by atoms with Crippen LogP contribution < -0.4 is 10.5 Å². The van der Waals surface area contributed by atoms with Crippen LogP contribution in [0.1, 0.15) is 11.1 Å². The molecule has 0 aliphatic heterocycles. The number of anilines is 1. The summed E-state index contributed by atoms with van der Waals surface area (Å²) in [5.74, 6) is -0.585. The van der Waals surface area contributed by atoms with Crippen molar-refractivity contribution in [2.45, 2.75) is 18.7 Å². The molecule has 0 spiro atoms. The van der Waals surface area contributed by atoms with E-state index in [1.165, 1.54) is 23.7 Å². The van der Waals surface area contributed by atoms with Crippen LogP contribution in [0.3, 0.4) is 0 Å². The fraction of sp³-hybridized carbons (Fsp3) is 0.188. The van der Waals surface area contributed by atoms with Gasteiger partial charge in [-0.1, -0.05) is 29.3 Å². The summed E-state index contributed by atoms with van der Waals surface area (Å²) in [4.78, 5) is 11.4. The summed E-state index contributed by atoms with van der Waals surface area (Å²) in [6.07, 6.45) is 0. The van der Waals surface area contributed by atoms with Crippen molar-refractivity contribution in [2.75, 3.05) is 4.72 Å². The zero-order chi connectivity index (χ0) is 17.6. The molecule has 126 valence electrons. The monoisotopic (exact) mass is 366 g/mol. The van der Waals surface area contributed by atoms with Crippen molar-refractivity contribution in [1.82, 2.24) is 4.57 Å². The van der Waals surface area contributed by atoms with Gasteiger partial charge in [-0.3, -0.25) is 9.29 Å². The van der Waals surface area contributed by atoms with E-state index in [-0.39, 0.29) is 15.5 Å². The predicted octanol–water partition coefficient (Wildman–Crippen LogP) is 3.20. The molecular formula is C16H15ClN2O4S. The van der Waals surface area contributed by atoms with E-state index < -0.39 is 15.8 Å². The lowest BCUT2D eigenvalue weighted by Gasteiger charge is -2.12. The third-order valence-corrected chi connectivity index (χ3v) is 5.59. The van der Waals surface area contributed by atoms with Crippen LogP contribution in [0.2, 0.25) is 5.02 Å². The van der Waals surface area contributed by atoms with E-state index in [0.29, 0.717) is 11.2 Å². The minimum absolute atomic E-state index is 0.0103. The Kier molecular flexibility index (Phi) is 3.93. The number of sulfonamides is 1. The third kappa shape index (κ3) is 2.81. The molecular weight excluding hydrogens is 352 g/mol. The Morgan fingerprint density at radius 2 is 1.88 bits per heavy atom. The predicted molar refractivity (Wildman–Crippen MR) is 93.2 cm³/mol. The van der Waals surface area contributed by atoms with Crippen molar-refractivity contribution in [3.63, 3.8) is 0 Å². The first-order valence-electron chi connectivity index (χ1n) is 7.08. The van der Waals surface area contributed by atoms with Gasteiger partial charge in [0.2, 0.25) is 0 Å². The number of benzene rings is 2. The maximum Gasteiger partial charge on any atom is 0.419 e. The third-order valence-electron chi connectivity index (χ3n) is 3.76. The molecule has 0 amide bonds. The normalized spacial score (nSPS) is 11.8. The summed E-state index contributed by atoms with van der Waals surface area (Å²) in [6, 6.07) is 8.03. The van der Waals surface area contributed by atoms with Crippen LogP contribution in [0, 0.1) is 13.8 Å². The number of oxazole rings is 1. The molecule has 0 radical (unpaired) electrons. The van der Waals surface area contributed by atoms with Gasteiger partial charge in [0.15, 0.2) is 5.58 Å². The summed E-state index contributed by atoms with van der Waals surface area (Å²) in [6.45, 7) is 3.74. The minimum Gasteiger partial charge on any atom is -0.408 e. The molecule has 1 aromatic heterocycles. The molecule has 1 heterocycles. The van der Waals surface area contributed by atoms with Crippen LogP contribution in [0.25, 0.3) is 11.1 Å². The maximum atomic E-state index is 12.7. The zero-order valence-corrected chi connectivity index (χ0v) is 14.8. The van der Waals surface area contributed by atoms with Gasteiger partial charge in [0.05, 0.1) is 16.2 Å². The molecule has 24 heavy (non-hydrogen) atoms. The summed E-state index contributed by atoms with van der Waals surface area (Å²) >= 11 is 6.12. The molecule has 0 aliphatic carbocycles. The van der Waals surface area contributed by atoms with Gasteiger partial charge in [0.25, 0.3) is 10.0 Å². The van der Waals surface area contributed by atoms with Crippen LogP contribution in [0.15, 0.2) is 44.4 Å². The standard InChI is InChI=1S/C16H15ClN2O4S/c1-9-4-5-12(10(2)6-9)18-24(21,22)15-8-14-13(7-11(15)17)19(3)16(20)23-14/h4-8,18H,1-3H3. The second-order valence-electron chi connectivity index (χ2n) is 5.60. The van der Waals surface area contributed by atoms with Crippen molar-refractivity contribution in [3.05, 3.63) is 57.0 Å². The molecule has 3 aromatic rings. The second kappa shape index (κ2) is 5.68. The van der Waals surface area contributed by atoms with Gasteiger partial charge in [-0.05, 0) is 31.5 Å². The van der Waals surface area contributed by atoms with E-state index in [0.717, 1.165) is 11.1 Å². The molecule has 0 fully saturated rings. The number of fused-ring (bicyclic) bond motifs is 1. The average molecular weight is 367 g/mol. The molecule has 1 N–H and O–H groups in total. The smallest absolute Gasteiger partial charge is 0.408 e. The van der Waals surface area contributed by atoms with Crippen LogP contribution in [0.4, 0.5) is 5.69 Å². The summed E-state index contributed by atoms with van der Waals surface area (Å²) < 4.78 is 34.2. The quantitative estimate of drug-likeness (QED) is 0.771. The van der Waals surface area contributed by atoms with E-state index in [2.05, 4.69) is 4.72 Å². The second-order valence-corrected chi connectivity index (χ2v) is 7.66. The zero-order valence-electron chi connectivity index (χ0n) is 13.3. The molecule has 2 aromatic carbocycles. The fourth-order valence-electron chi connectivity index (χ4n) is 2.46. The molecule has 0 atom stereocenters. The van der Waals surface area contributed by atoms with E-state index >= 15 is 0 Å². The van der Waals surface area contributed by atoms with E-state index in [4.69, 9.17) is 16.0 Å². The average Bonchev–Trinajstić information content (AvgIpc) is 2.76. The number of halogens is 1. The highest BCUT2D eigenvalue weighted by Gasteiger charge is 2.22. The van der Waals surface area contributed by atoms with Crippen LogP contribution >= 0.6 is 11.6 Å². The van der Waals surface area contributed by atoms with Crippen LogP contribution in [-0.4, -0.2) is 13.0 Å². The summed E-state index contributed by atoms with van der Waals surface area (Å²) in [5.41, 5.74) is 2.87. The molecule has 0 aliphatic rings. The number of nitrogens with one attached hydrogen (secondary N) is 1. The Morgan fingerprint density at radius 1 is 1.17 bits per heavy atom. The molecule has 0 unspecified atom stereocenters. The van der Waals surface area contributed by atoms with Crippen LogP contribution in [0.5, 0.6) is 0 Å².